The minimum Gasteiger partial charge on any atom is -0.493 e. The molecule has 0 fully saturated rings. The minimum absolute atomic E-state index is 0.0627. The van der Waals surface area contributed by atoms with Crippen molar-refractivity contribution in [3.8, 4) is 11.5 Å². The Kier molecular flexibility index (Phi) is 9.13. The Morgan fingerprint density at radius 2 is 1.49 bits per heavy atom. The van der Waals surface area contributed by atoms with Crippen molar-refractivity contribution in [3.05, 3.63) is 94.0 Å². The second-order valence-corrected chi connectivity index (χ2v) is 8.76. The molecule has 0 radical (unpaired) electrons. The standard InChI is InChI=1S/C29H28F2N2O6/c1-15-7-9-20(13-22(15)30)25(21-10-8-16(2)23(31)14-21)18(4)38-29(36)17(3)33-28(35)26-27(39-19(5)34)24(37-6)11-12-32-26/h7-14,17H,1-6H3,(H,33,35)/t17-/m0/s1. The zero-order valence-corrected chi connectivity index (χ0v) is 22.3. The van der Waals surface area contributed by atoms with E-state index < -0.39 is 35.5 Å². The van der Waals surface area contributed by atoms with Crippen LogP contribution in [0.25, 0.3) is 5.57 Å². The van der Waals surface area contributed by atoms with Crippen molar-refractivity contribution in [2.75, 3.05) is 7.11 Å². The monoisotopic (exact) mass is 538 g/mol. The third kappa shape index (κ3) is 6.84. The summed E-state index contributed by atoms with van der Waals surface area (Å²) in [5.41, 5.74) is 1.59. The van der Waals surface area contributed by atoms with E-state index in [1.165, 1.54) is 45.4 Å². The summed E-state index contributed by atoms with van der Waals surface area (Å²) in [5.74, 6) is -3.37. The predicted molar refractivity (Wildman–Crippen MR) is 139 cm³/mol. The molecule has 204 valence electrons. The number of aromatic nitrogens is 1. The first-order valence-electron chi connectivity index (χ1n) is 11.9. The van der Waals surface area contributed by atoms with Gasteiger partial charge in [0.15, 0.2) is 11.4 Å². The summed E-state index contributed by atoms with van der Waals surface area (Å²) in [4.78, 5) is 41.3. The molecule has 1 aromatic heterocycles. The van der Waals surface area contributed by atoms with Gasteiger partial charge in [-0.25, -0.2) is 18.6 Å². The van der Waals surface area contributed by atoms with Crippen LogP contribution in [0.15, 0.2) is 54.4 Å². The summed E-state index contributed by atoms with van der Waals surface area (Å²) in [6, 6.07) is 9.18. The molecule has 2 aromatic carbocycles. The number of carbonyl (C=O) groups is 3. The topological polar surface area (TPSA) is 104 Å². The van der Waals surface area contributed by atoms with Crippen LogP contribution in [0.5, 0.6) is 11.5 Å². The lowest BCUT2D eigenvalue weighted by molar-refractivity contribution is -0.141. The summed E-state index contributed by atoms with van der Waals surface area (Å²) in [6.45, 7) is 7.24. The summed E-state index contributed by atoms with van der Waals surface area (Å²) < 4.78 is 44.6. The highest BCUT2D eigenvalue weighted by molar-refractivity contribution is 5.98. The molecule has 10 heteroatoms. The van der Waals surface area contributed by atoms with Crippen molar-refractivity contribution in [2.24, 2.45) is 0 Å². The molecule has 0 aliphatic heterocycles. The molecule has 1 amide bonds. The normalized spacial score (nSPS) is 11.3. The van der Waals surface area contributed by atoms with Gasteiger partial charge in [-0.05, 0) is 62.1 Å². The van der Waals surface area contributed by atoms with E-state index in [1.807, 2.05) is 0 Å². The van der Waals surface area contributed by atoms with Crippen molar-refractivity contribution >= 4 is 23.4 Å². The number of nitrogens with zero attached hydrogens (tertiary/aromatic N) is 1. The van der Waals surface area contributed by atoms with Crippen molar-refractivity contribution in [3.63, 3.8) is 0 Å². The van der Waals surface area contributed by atoms with Gasteiger partial charge in [0.1, 0.15) is 23.4 Å². The molecule has 1 atom stereocenters. The van der Waals surface area contributed by atoms with E-state index in [2.05, 4.69) is 10.3 Å². The number of amides is 1. The van der Waals surface area contributed by atoms with Gasteiger partial charge in [0, 0.05) is 24.8 Å². The average molecular weight is 539 g/mol. The number of nitrogens with one attached hydrogen (secondary N) is 1. The molecule has 0 aliphatic rings. The molecular formula is C29H28F2N2O6. The number of allylic oxidation sites excluding steroid dienone is 1. The summed E-state index contributed by atoms with van der Waals surface area (Å²) in [5, 5.41) is 2.45. The SMILES string of the molecule is COc1ccnc(C(=O)N[C@@H](C)C(=O)OC(C)=C(c2ccc(C)c(F)c2)c2ccc(C)c(F)c2)c1OC(C)=O. The van der Waals surface area contributed by atoms with Gasteiger partial charge in [-0.3, -0.25) is 9.59 Å². The number of methoxy groups -OCH3 is 1. The first-order valence-corrected chi connectivity index (χ1v) is 11.9. The fraction of sp³-hybridized carbons (Fsp3) is 0.241. The number of rotatable bonds is 8. The van der Waals surface area contributed by atoms with Gasteiger partial charge in [0.05, 0.1) is 7.11 Å². The molecule has 0 bridgehead atoms. The Bertz CT molecular complexity index is 1410. The number of benzene rings is 2. The molecule has 0 saturated carbocycles. The molecule has 0 unspecified atom stereocenters. The number of esters is 2. The van der Waals surface area contributed by atoms with Gasteiger partial charge >= 0.3 is 11.9 Å². The van der Waals surface area contributed by atoms with Gasteiger partial charge in [0.2, 0.25) is 5.75 Å². The molecule has 39 heavy (non-hydrogen) atoms. The lowest BCUT2D eigenvalue weighted by Crippen LogP contribution is -2.40. The van der Waals surface area contributed by atoms with Crippen LogP contribution in [0.3, 0.4) is 0 Å². The largest absolute Gasteiger partial charge is 0.493 e. The lowest BCUT2D eigenvalue weighted by Gasteiger charge is -2.18. The van der Waals surface area contributed by atoms with Crippen molar-refractivity contribution in [1.82, 2.24) is 10.3 Å². The Morgan fingerprint density at radius 1 is 0.923 bits per heavy atom. The first kappa shape index (κ1) is 29.0. The maximum atomic E-state index is 14.4. The van der Waals surface area contributed by atoms with E-state index in [0.717, 1.165) is 6.92 Å². The van der Waals surface area contributed by atoms with Crippen molar-refractivity contribution in [1.29, 1.82) is 0 Å². The third-order valence-electron chi connectivity index (χ3n) is 5.78. The highest BCUT2D eigenvalue weighted by Crippen LogP contribution is 2.31. The number of aryl methyl sites for hydroxylation is 2. The summed E-state index contributed by atoms with van der Waals surface area (Å²) >= 11 is 0. The quantitative estimate of drug-likeness (QED) is 0.316. The third-order valence-corrected chi connectivity index (χ3v) is 5.78. The number of hydrogen-bond acceptors (Lipinski definition) is 7. The lowest BCUT2D eigenvalue weighted by atomic mass is 9.95. The van der Waals surface area contributed by atoms with Gasteiger partial charge in [-0.1, -0.05) is 24.3 Å². The fourth-order valence-corrected chi connectivity index (χ4v) is 3.68. The van der Waals surface area contributed by atoms with Crippen LogP contribution < -0.4 is 14.8 Å². The van der Waals surface area contributed by atoms with Crippen LogP contribution in [0, 0.1) is 25.5 Å². The highest BCUT2D eigenvalue weighted by Gasteiger charge is 2.26. The second kappa shape index (κ2) is 12.3. The minimum atomic E-state index is -1.18. The maximum Gasteiger partial charge on any atom is 0.333 e. The molecule has 0 aliphatic carbocycles. The van der Waals surface area contributed by atoms with Gasteiger partial charge < -0.3 is 19.5 Å². The Balaban J connectivity index is 1.92. The van der Waals surface area contributed by atoms with Crippen LogP contribution in [-0.4, -0.2) is 36.0 Å². The molecule has 3 rings (SSSR count). The number of carbonyl (C=O) groups excluding carboxylic acids is 3. The molecule has 8 nitrogen and oxygen atoms in total. The smallest absolute Gasteiger partial charge is 0.333 e. The van der Waals surface area contributed by atoms with Crippen LogP contribution in [0.2, 0.25) is 0 Å². The Morgan fingerprint density at radius 3 is 1.97 bits per heavy atom. The van der Waals surface area contributed by atoms with E-state index >= 15 is 0 Å². The Labute approximate surface area is 224 Å². The number of pyridine rings is 1. The molecular weight excluding hydrogens is 510 g/mol. The van der Waals surface area contributed by atoms with E-state index in [0.29, 0.717) is 27.8 Å². The summed E-state index contributed by atoms with van der Waals surface area (Å²) in [6.07, 6.45) is 1.28. The average Bonchev–Trinajstić information content (AvgIpc) is 2.88. The highest BCUT2D eigenvalue weighted by atomic mass is 19.1. The zero-order valence-electron chi connectivity index (χ0n) is 22.3. The molecule has 1 heterocycles. The van der Waals surface area contributed by atoms with Gasteiger partial charge in [0.25, 0.3) is 5.91 Å². The van der Waals surface area contributed by atoms with Crippen LogP contribution >= 0.6 is 0 Å². The van der Waals surface area contributed by atoms with Gasteiger partial charge in [-0.2, -0.15) is 0 Å². The second-order valence-electron chi connectivity index (χ2n) is 8.76. The van der Waals surface area contributed by atoms with E-state index in [-0.39, 0.29) is 23.0 Å². The molecule has 3 aromatic rings. The van der Waals surface area contributed by atoms with E-state index in [1.54, 1.807) is 38.1 Å². The molecule has 1 N–H and O–H groups in total. The van der Waals surface area contributed by atoms with E-state index in [4.69, 9.17) is 14.2 Å². The number of halogens is 2. The van der Waals surface area contributed by atoms with Crippen LogP contribution in [0.4, 0.5) is 8.78 Å². The zero-order chi connectivity index (χ0) is 28.9. The number of hydrogen-bond donors (Lipinski definition) is 1. The maximum absolute atomic E-state index is 14.4. The van der Waals surface area contributed by atoms with Crippen molar-refractivity contribution in [2.45, 2.75) is 40.7 Å². The van der Waals surface area contributed by atoms with Crippen molar-refractivity contribution < 1.29 is 37.4 Å². The molecule has 0 spiro atoms. The first-order chi connectivity index (χ1) is 18.4. The predicted octanol–water partition coefficient (Wildman–Crippen LogP) is 5.05. The van der Waals surface area contributed by atoms with Gasteiger partial charge in [-0.15, -0.1) is 0 Å². The molecule has 0 saturated heterocycles. The van der Waals surface area contributed by atoms with Crippen LogP contribution in [-0.2, 0) is 14.3 Å². The Hall–Kier alpha value is -4.60. The van der Waals surface area contributed by atoms with Crippen LogP contribution in [0.1, 0.15) is 53.5 Å². The van der Waals surface area contributed by atoms with E-state index in [9.17, 15) is 23.2 Å². The fourth-order valence-electron chi connectivity index (χ4n) is 3.68. The summed E-state index contributed by atoms with van der Waals surface area (Å²) in [7, 11) is 1.33. The number of ether oxygens (including phenoxy) is 3.